The number of anilines is 1. The third kappa shape index (κ3) is 5.46. The minimum atomic E-state index is -3.61. The topological polar surface area (TPSA) is 104 Å². The zero-order valence-corrected chi connectivity index (χ0v) is 21.1. The summed E-state index contributed by atoms with van der Waals surface area (Å²) in [5.74, 6) is 0.0331. The maximum absolute atomic E-state index is 13.3. The standard InChI is InChI=1S/C22H35N3O5S2/c1-16-12-20(32(29,30)24(3)4)13-21(17(16)2)23-14-22(26)25(18-8-6-5-7-9-18)19-10-11-31(27,28)15-19/h12-13,18-19,23H,5-11,14-15H2,1-4H3. The number of sulfone groups is 1. The van der Waals surface area contributed by atoms with Gasteiger partial charge in [0.2, 0.25) is 15.9 Å². The van der Waals surface area contributed by atoms with Crippen molar-refractivity contribution < 1.29 is 21.6 Å². The molecule has 10 heteroatoms. The lowest BCUT2D eigenvalue weighted by atomic mass is 9.93. The molecule has 0 spiro atoms. The Morgan fingerprint density at radius 3 is 2.28 bits per heavy atom. The molecule has 2 aliphatic rings. The Bertz CT molecular complexity index is 1060. The number of amides is 1. The van der Waals surface area contributed by atoms with E-state index in [1.165, 1.54) is 14.1 Å². The van der Waals surface area contributed by atoms with Crippen LogP contribution in [0.5, 0.6) is 0 Å². The monoisotopic (exact) mass is 485 g/mol. The quantitative estimate of drug-likeness (QED) is 0.636. The Hall–Kier alpha value is -1.65. The first-order chi connectivity index (χ1) is 14.9. The van der Waals surface area contributed by atoms with Crippen molar-refractivity contribution in [3.05, 3.63) is 23.3 Å². The maximum Gasteiger partial charge on any atom is 0.242 e. The SMILES string of the molecule is Cc1cc(S(=O)(=O)N(C)C)cc(NCC(=O)N(C2CCCCC2)C2CCS(=O)(=O)C2)c1C. The number of nitrogens with one attached hydrogen (secondary N) is 1. The molecule has 1 heterocycles. The van der Waals surface area contributed by atoms with Crippen LogP contribution in [-0.2, 0) is 24.7 Å². The minimum absolute atomic E-state index is 0.00120. The maximum atomic E-state index is 13.3. The van der Waals surface area contributed by atoms with Crippen LogP contribution in [0.1, 0.15) is 49.7 Å². The van der Waals surface area contributed by atoms with Crippen LogP contribution in [0, 0.1) is 13.8 Å². The molecule has 2 fully saturated rings. The molecule has 0 radical (unpaired) electrons. The molecule has 8 nitrogen and oxygen atoms in total. The number of carbonyl (C=O) groups excluding carboxylic acids is 1. The summed E-state index contributed by atoms with van der Waals surface area (Å²) in [6.45, 7) is 3.73. The predicted octanol–water partition coefficient (Wildman–Crippen LogP) is 2.31. The van der Waals surface area contributed by atoms with Crippen molar-refractivity contribution in [1.29, 1.82) is 0 Å². The van der Waals surface area contributed by atoms with Crippen LogP contribution in [0.15, 0.2) is 17.0 Å². The molecule has 1 aliphatic heterocycles. The van der Waals surface area contributed by atoms with Crippen molar-refractivity contribution >= 4 is 31.5 Å². The van der Waals surface area contributed by atoms with Gasteiger partial charge in [0.15, 0.2) is 9.84 Å². The van der Waals surface area contributed by atoms with E-state index < -0.39 is 19.9 Å². The van der Waals surface area contributed by atoms with Crippen LogP contribution < -0.4 is 5.32 Å². The van der Waals surface area contributed by atoms with Gasteiger partial charge < -0.3 is 10.2 Å². The largest absolute Gasteiger partial charge is 0.376 e. The minimum Gasteiger partial charge on any atom is -0.376 e. The molecule has 1 aromatic rings. The van der Waals surface area contributed by atoms with Gasteiger partial charge in [0, 0.05) is 31.9 Å². The average molecular weight is 486 g/mol. The first-order valence-electron chi connectivity index (χ1n) is 11.2. The van der Waals surface area contributed by atoms with E-state index in [1.54, 1.807) is 12.1 Å². The van der Waals surface area contributed by atoms with E-state index >= 15 is 0 Å². The summed E-state index contributed by atoms with van der Waals surface area (Å²) in [4.78, 5) is 15.3. The van der Waals surface area contributed by atoms with Gasteiger partial charge >= 0.3 is 0 Å². The zero-order chi connectivity index (χ0) is 23.7. The molecule has 1 N–H and O–H groups in total. The van der Waals surface area contributed by atoms with Crippen molar-refractivity contribution in [2.24, 2.45) is 0 Å². The van der Waals surface area contributed by atoms with E-state index in [4.69, 9.17) is 0 Å². The Labute approximate surface area is 192 Å². The number of sulfonamides is 1. The van der Waals surface area contributed by atoms with Gasteiger partial charge in [0.25, 0.3) is 0 Å². The highest BCUT2D eigenvalue weighted by atomic mass is 32.2. The van der Waals surface area contributed by atoms with Gasteiger partial charge in [-0.25, -0.2) is 21.1 Å². The lowest BCUT2D eigenvalue weighted by Gasteiger charge is -2.38. The van der Waals surface area contributed by atoms with Crippen LogP contribution in [0.25, 0.3) is 0 Å². The van der Waals surface area contributed by atoms with Crippen molar-refractivity contribution in [1.82, 2.24) is 9.21 Å². The summed E-state index contributed by atoms with van der Waals surface area (Å²) in [6.07, 6.45) is 5.52. The Balaban J connectivity index is 1.82. The second-order valence-electron chi connectivity index (χ2n) is 9.20. The van der Waals surface area contributed by atoms with Crippen molar-refractivity contribution in [3.63, 3.8) is 0 Å². The molecule has 1 amide bonds. The summed E-state index contributed by atoms with van der Waals surface area (Å²) in [5, 5.41) is 3.15. The summed E-state index contributed by atoms with van der Waals surface area (Å²) in [5.41, 5.74) is 2.29. The molecule has 1 aromatic carbocycles. The van der Waals surface area contributed by atoms with Crippen molar-refractivity contribution in [2.45, 2.75) is 69.4 Å². The smallest absolute Gasteiger partial charge is 0.242 e. The highest BCUT2D eigenvalue weighted by Gasteiger charge is 2.38. The molecule has 1 unspecified atom stereocenters. The zero-order valence-electron chi connectivity index (χ0n) is 19.4. The first kappa shape index (κ1) is 25.0. The van der Waals surface area contributed by atoms with Gasteiger partial charge in [-0.1, -0.05) is 19.3 Å². The number of aryl methyl sites for hydroxylation is 1. The van der Waals surface area contributed by atoms with Gasteiger partial charge in [0.1, 0.15) is 0 Å². The Morgan fingerprint density at radius 1 is 1.06 bits per heavy atom. The van der Waals surface area contributed by atoms with E-state index in [9.17, 15) is 21.6 Å². The Kier molecular flexibility index (Phi) is 7.56. The van der Waals surface area contributed by atoms with Gasteiger partial charge in [-0.15, -0.1) is 0 Å². The van der Waals surface area contributed by atoms with Gasteiger partial charge in [0.05, 0.1) is 22.9 Å². The lowest BCUT2D eigenvalue weighted by Crippen LogP contribution is -2.50. The average Bonchev–Trinajstić information content (AvgIpc) is 3.08. The predicted molar refractivity (Wildman–Crippen MR) is 126 cm³/mol. The molecule has 180 valence electrons. The summed E-state index contributed by atoms with van der Waals surface area (Å²) >= 11 is 0. The number of carbonyl (C=O) groups is 1. The van der Waals surface area contributed by atoms with Crippen LogP contribution in [0.4, 0.5) is 5.69 Å². The third-order valence-corrected chi connectivity index (χ3v) is 10.3. The molecular weight excluding hydrogens is 450 g/mol. The lowest BCUT2D eigenvalue weighted by molar-refractivity contribution is -0.134. The summed E-state index contributed by atoms with van der Waals surface area (Å²) < 4.78 is 50.5. The van der Waals surface area contributed by atoms with Crippen LogP contribution in [0.2, 0.25) is 0 Å². The molecular formula is C22H35N3O5S2. The van der Waals surface area contributed by atoms with E-state index in [1.807, 2.05) is 18.7 Å². The second-order valence-corrected chi connectivity index (χ2v) is 13.6. The van der Waals surface area contributed by atoms with E-state index in [-0.39, 0.29) is 40.9 Å². The number of nitrogens with zero attached hydrogens (tertiary/aromatic N) is 2. The normalized spacial score (nSPS) is 21.6. The number of hydrogen-bond donors (Lipinski definition) is 1. The summed E-state index contributed by atoms with van der Waals surface area (Å²) in [7, 11) is -3.74. The molecule has 1 aliphatic carbocycles. The highest BCUT2D eigenvalue weighted by molar-refractivity contribution is 7.91. The van der Waals surface area contributed by atoms with Crippen LogP contribution in [-0.4, -0.2) is 76.2 Å². The molecule has 0 aromatic heterocycles. The fourth-order valence-electron chi connectivity index (χ4n) is 4.69. The fourth-order valence-corrected chi connectivity index (χ4v) is 7.42. The molecule has 1 saturated heterocycles. The second kappa shape index (κ2) is 9.69. The highest BCUT2D eigenvalue weighted by Crippen LogP contribution is 2.29. The molecule has 1 saturated carbocycles. The van der Waals surface area contributed by atoms with E-state index in [0.717, 1.165) is 47.5 Å². The third-order valence-electron chi connectivity index (χ3n) is 6.71. The number of hydrogen-bond acceptors (Lipinski definition) is 6. The molecule has 3 rings (SSSR count). The van der Waals surface area contributed by atoms with Crippen LogP contribution >= 0.6 is 0 Å². The van der Waals surface area contributed by atoms with Crippen molar-refractivity contribution in [2.75, 3.05) is 37.5 Å². The van der Waals surface area contributed by atoms with Crippen LogP contribution in [0.3, 0.4) is 0 Å². The summed E-state index contributed by atoms with van der Waals surface area (Å²) in [6, 6.07) is 2.99. The first-order valence-corrected chi connectivity index (χ1v) is 14.5. The fraction of sp³-hybridized carbons (Fsp3) is 0.682. The van der Waals surface area contributed by atoms with Gasteiger partial charge in [-0.2, -0.15) is 0 Å². The molecule has 1 atom stereocenters. The van der Waals surface area contributed by atoms with E-state index in [2.05, 4.69) is 5.32 Å². The van der Waals surface area contributed by atoms with E-state index in [0.29, 0.717) is 12.1 Å². The molecule has 32 heavy (non-hydrogen) atoms. The number of rotatable bonds is 7. The van der Waals surface area contributed by atoms with Crippen molar-refractivity contribution in [3.8, 4) is 0 Å². The number of benzene rings is 1. The molecule has 0 bridgehead atoms. The Morgan fingerprint density at radius 2 is 1.72 bits per heavy atom. The van der Waals surface area contributed by atoms with Gasteiger partial charge in [-0.3, -0.25) is 4.79 Å². The van der Waals surface area contributed by atoms with Gasteiger partial charge in [-0.05, 0) is 56.4 Å².